The van der Waals surface area contributed by atoms with Gasteiger partial charge >= 0.3 is 0 Å². The Hall–Kier alpha value is -0.0800. The first kappa shape index (κ1) is 7.03. The van der Waals surface area contributed by atoms with Gasteiger partial charge in [0, 0.05) is 12.5 Å². The van der Waals surface area contributed by atoms with Gasteiger partial charge in [-0.05, 0) is 33.0 Å². The SMILES string of the molecule is CN1CC[C](CO)CC1. The number of aliphatic hydroxyl groups excluding tert-OH is 1. The maximum Gasteiger partial charge on any atom is 0.0494 e. The minimum Gasteiger partial charge on any atom is -0.396 e. The smallest absolute Gasteiger partial charge is 0.0494 e. The summed E-state index contributed by atoms with van der Waals surface area (Å²) in [4.78, 5) is 2.29. The van der Waals surface area contributed by atoms with E-state index in [1.807, 2.05) is 0 Å². The van der Waals surface area contributed by atoms with Gasteiger partial charge in [-0.3, -0.25) is 0 Å². The van der Waals surface area contributed by atoms with Crippen molar-refractivity contribution in [2.24, 2.45) is 0 Å². The minimum atomic E-state index is 0.299. The molecule has 1 aliphatic heterocycles. The zero-order valence-electron chi connectivity index (χ0n) is 5.93. The number of likely N-dealkylation sites (tertiary alicyclic amines) is 1. The lowest BCUT2D eigenvalue weighted by Gasteiger charge is -2.26. The van der Waals surface area contributed by atoms with Crippen molar-refractivity contribution in [2.75, 3.05) is 26.7 Å². The molecule has 0 amide bonds. The van der Waals surface area contributed by atoms with E-state index in [9.17, 15) is 0 Å². The van der Waals surface area contributed by atoms with Crippen molar-refractivity contribution in [1.29, 1.82) is 0 Å². The summed E-state index contributed by atoms with van der Waals surface area (Å²) in [6, 6.07) is 0. The summed E-state index contributed by atoms with van der Waals surface area (Å²) in [5.74, 6) is 1.31. The summed E-state index contributed by atoms with van der Waals surface area (Å²) in [7, 11) is 2.12. The average Bonchev–Trinajstić information content (AvgIpc) is 1.90. The fourth-order valence-electron chi connectivity index (χ4n) is 1.09. The van der Waals surface area contributed by atoms with E-state index in [1.54, 1.807) is 0 Å². The monoisotopic (exact) mass is 128 g/mol. The van der Waals surface area contributed by atoms with Crippen LogP contribution in [0.15, 0.2) is 0 Å². The zero-order chi connectivity index (χ0) is 6.69. The lowest BCUT2D eigenvalue weighted by molar-refractivity contribution is 0.234. The van der Waals surface area contributed by atoms with Gasteiger partial charge in [0.2, 0.25) is 0 Å². The van der Waals surface area contributed by atoms with Crippen LogP contribution >= 0.6 is 0 Å². The van der Waals surface area contributed by atoms with Gasteiger partial charge in [-0.25, -0.2) is 0 Å². The highest BCUT2D eigenvalue weighted by Gasteiger charge is 2.15. The molecule has 0 aliphatic carbocycles. The molecule has 1 aliphatic rings. The van der Waals surface area contributed by atoms with E-state index >= 15 is 0 Å². The summed E-state index contributed by atoms with van der Waals surface area (Å²) in [6.45, 7) is 2.54. The van der Waals surface area contributed by atoms with Crippen LogP contribution in [0.25, 0.3) is 0 Å². The van der Waals surface area contributed by atoms with Crippen molar-refractivity contribution in [3.63, 3.8) is 0 Å². The van der Waals surface area contributed by atoms with Crippen LogP contribution in [0.3, 0.4) is 0 Å². The third kappa shape index (κ3) is 1.95. The molecule has 1 fully saturated rings. The molecule has 2 nitrogen and oxygen atoms in total. The van der Waals surface area contributed by atoms with Crippen LogP contribution in [0.2, 0.25) is 0 Å². The molecule has 0 aromatic rings. The lowest BCUT2D eigenvalue weighted by Crippen LogP contribution is -2.30. The molecule has 2 heteroatoms. The maximum atomic E-state index is 8.72. The Kier molecular flexibility index (Phi) is 2.49. The molecule has 0 atom stereocenters. The fraction of sp³-hybridized carbons (Fsp3) is 0.857. The van der Waals surface area contributed by atoms with Crippen LogP contribution in [0.4, 0.5) is 0 Å². The second kappa shape index (κ2) is 3.18. The highest BCUT2D eigenvalue weighted by molar-refractivity contribution is 4.93. The van der Waals surface area contributed by atoms with Crippen molar-refractivity contribution in [3.8, 4) is 0 Å². The highest BCUT2D eigenvalue weighted by atomic mass is 16.3. The lowest BCUT2D eigenvalue weighted by atomic mass is 9.98. The quantitative estimate of drug-likeness (QED) is 0.548. The van der Waals surface area contributed by atoms with Crippen LogP contribution in [-0.2, 0) is 0 Å². The molecular formula is C7H14NO. The second-order valence-corrected chi connectivity index (χ2v) is 2.71. The van der Waals surface area contributed by atoms with E-state index in [1.165, 1.54) is 5.92 Å². The third-order valence-corrected chi connectivity index (χ3v) is 1.92. The first-order valence-corrected chi connectivity index (χ1v) is 3.46. The zero-order valence-corrected chi connectivity index (χ0v) is 5.93. The molecule has 0 spiro atoms. The van der Waals surface area contributed by atoms with Gasteiger partial charge in [0.25, 0.3) is 0 Å². The van der Waals surface area contributed by atoms with Crippen molar-refractivity contribution in [2.45, 2.75) is 12.8 Å². The Morgan fingerprint density at radius 2 is 2.00 bits per heavy atom. The predicted molar refractivity (Wildman–Crippen MR) is 37.1 cm³/mol. The first-order chi connectivity index (χ1) is 4.33. The Labute approximate surface area is 56.5 Å². The van der Waals surface area contributed by atoms with Gasteiger partial charge in [0.1, 0.15) is 0 Å². The molecule has 1 heterocycles. The number of aliphatic hydroxyl groups is 1. The molecular weight excluding hydrogens is 114 g/mol. The Morgan fingerprint density at radius 3 is 2.44 bits per heavy atom. The number of rotatable bonds is 1. The summed E-state index contributed by atoms with van der Waals surface area (Å²) in [5, 5.41) is 8.72. The molecule has 1 saturated heterocycles. The van der Waals surface area contributed by atoms with Crippen molar-refractivity contribution in [1.82, 2.24) is 4.90 Å². The van der Waals surface area contributed by atoms with Gasteiger partial charge in [-0.15, -0.1) is 0 Å². The van der Waals surface area contributed by atoms with Crippen molar-refractivity contribution in [3.05, 3.63) is 5.92 Å². The summed E-state index contributed by atoms with van der Waals surface area (Å²) < 4.78 is 0. The summed E-state index contributed by atoms with van der Waals surface area (Å²) in [6.07, 6.45) is 2.18. The van der Waals surface area contributed by atoms with E-state index in [-0.39, 0.29) is 0 Å². The Bertz CT molecular complexity index is 77.0. The third-order valence-electron chi connectivity index (χ3n) is 1.92. The molecule has 1 radical (unpaired) electrons. The highest BCUT2D eigenvalue weighted by Crippen LogP contribution is 2.16. The second-order valence-electron chi connectivity index (χ2n) is 2.71. The maximum absolute atomic E-state index is 8.72. The normalized spacial score (nSPS) is 24.7. The molecule has 53 valence electrons. The van der Waals surface area contributed by atoms with E-state index in [0.29, 0.717) is 6.61 Å². The molecule has 0 unspecified atom stereocenters. The average molecular weight is 128 g/mol. The number of hydrogen-bond donors (Lipinski definition) is 1. The van der Waals surface area contributed by atoms with Gasteiger partial charge < -0.3 is 10.0 Å². The van der Waals surface area contributed by atoms with Gasteiger partial charge in [0.15, 0.2) is 0 Å². The number of nitrogens with zero attached hydrogens (tertiary/aromatic N) is 1. The van der Waals surface area contributed by atoms with Crippen LogP contribution < -0.4 is 0 Å². The van der Waals surface area contributed by atoms with Gasteiger partial charge in [-0.1, -0.05) is 0 Å². The van der Waals surface area contributed by atoms with Crippen LogP contribution in [-0.4, -0.2) is 36.8 Å². The van der Waals surface area contributed by atoms with Crippen LogP contribution in [0, 0.1) is 5.92 Å². The number of hydrogen-bond acceptors (Lipinski definition) is 2. The molecule has 1 N–H and O–H groups in total. The largest absolute Gasteiger partial charge is 0.396 e. The first-order valence-electron chi connectivity index (χ1n) is 3.46. The molecule has 0 aromatic carbocycles. The van der Waals surface area contributed by atoms with E-state index in [4.69, 9.17) is 5.11 Å². The molecule has 9 heavy (non-hydrogen) atoms. The molecule has 0 bridgehead atoms. The summed E-state index contributed by atoms with van der Waals surface area (Å²) >= 11 is 0. The van der Waals surface area contributed by atoms with Gasteiger partial charge in [-0.2, -0.15) is 0 Å². The number of piperidine rings is 1. The topological polar surface area (TPSA) is 23.5 Å². The molecule has 0 aromatic heterocycles. The molecule has 1 rings (SSSR count). The summed E-state index contributed by atoms with van der Waals surface area (Å²) in [5.41, 5.74) is 0. The van der Waals surface area contributed by atoms with Crippen molar-refractivity contribution < 1.29 is 5.11 Å². The fourth-order valence-corrected chi connectivity index (χ4v) is 1.09. The van der Waals surface area contributed by atoms with Crippen LogP contribution in [0.5, 0.6) is 0 Å². The minimum absolute atomic E-state index is 0.299. The molecule has 0 saturated carbocycles. The van der Waals surface area contributed by atoms with E-state index in [0.717, 1.165) is 25.9 Å². The van der Waals surface area contributed by atoms with Crippen LogP contribution in [0.1, 0.15) is 12.8 Å². The Balaban J connectivity index is 2.18. The predicted octanol–water partition coefficient (Wildman–Crippen LogP) is 0.279. The standard InChI is InChI=1S/C7H14NO/c1-8-4-2-7(6-9)3-5-8/h9H,2-6H2,1H3. The van der Waals surface area contributed by atoms with Gasteiger partial charge in [0.05, 0.1) is 0 Å². The van der Waals surface area contributed by atoms with E-state index in [2.05, 4.69) is 11.9 Å². The van der Waals surface area contributed by atoms with E-state index < -0.39 is 0 Å². The van der Waals surface area contributed by atoms with Crippen molar-refractivity contribution >= 4 is 0 Å². The Morgan fingerprint density at radius 1 is 1.44 bits per heavy atom.